The molecule has 2 aliphatic rings. The molecule has 0 bridgehead atoms. The lowest BCUT2D eigenvalue weighted by Gasteiger charge is -2.27. The zero-order chi connectivity index (χ0) is 16.9. The number of hydrogen-bond donors (Lipinski definition) is 0. The molecule has 1 aromatic rings. The van der Waals surface area contributed by atoms with E-state index >= 15 is 0 Å². The Bertz CT molecular complexity index is 588. The van der Waals surface area contributed by atoms with E-state index < -0.39 is 0 Å². The third kappa shape index (κ3) is 3.78. The fourth-order valence-electron chi connectivity index (χ4n) is 3.30. The second-order valence-corrected chi connectivity index (χ2v) is 6.70. The van der Waals surface area contributed by atoms with E-state index in [1.807, 2.05) is 4.90 Å². The molecular weight excluding hydrogens is 328 g/mol. The Kier molecular flexibility index (Phi) is 5.85. The van der Waals surface area contributed by atoms with Crippen molar-refractivity contribution < 1.29 is 14.3 Å². The summed E-state index contributed by atoms with van der Waals surface area (Å²) in [5.41, 5.74) is 0.545. The van der Waals surface area contributed by atoms with Crippen molar-refractivity contribution in [3.8, 4) is 11.5 Å². The normalized spacial score (nSPS) is 17.1. The molecule has 24 heavy (non-hydrogen) atoms. The van der Waals surface area contributed by atoms with Gasteiger partial charge in [-0.15, -0.1) is 0 Å². The first-order valence-electron chi connectivity index (χ1n) is 8.80. The number of fused-ring (bicyclic) bond motifs is 1. The molecule has 0 aliphatic carbocycles. The van der Waals surface area contributed by atoms with Gasteiger partial charge >= 0.3 is 0 Å². The zero-order valence-electron chi connectivity index (χ0n) is 14.2. The van der Waals surface area contributed by atoms with Gasteiger partial charge in [-0.05, 0) is 44.5 Å². The number of halogens is 1. The minimum absolute atomic E-state index is 0.00513. The SMILES string of the molecule is CCCN(CCN1CCCC1)C(=O)c1ccc(Cl)c2c1OCCO2. The Morgan fingerprint density at radius 3 is 2.58 bits per heavy atom. The summed E-state index contributed by atoms with van der Waals surface area (Å²) in [4.78, 5) is 17.4. The summed E-state index contributed by atoms with van der Waals surface area (Å²) in [6, 6.07) is 3.46. The molecule has 1 aromatic carbocycles. The van der Waals surface area contributed by atoms with Crippen LogP contribution in [0.3, 0.4) is 0 Å². The second-order valence-electron chi connectivity index (χ2n) is 6.29. The van der Waals surface area contributed by atoms with E-state index in [4.69, 9.17) is 21.1 Å². The lowest BCUT2D eigenvalue weighted by atomic mass is 10.1. The minimum Gasteiger partial charge on any atom is -0.485 e. The number of ether oxygens (including phenoxy) is 2. The molecule has 0 saturated carbocycles. The molecule has 1 fully saturated rings. The predicted octanol–water partition coefficient (Wildman–Crippen LogP) is 3.06. The van der Waals surface area contributed by atoms with Crippen molar-refractivity contribution in [3.63, 3.8) is 0 Å². The largest absolute Gasteiger partial charge is 0.485 e. The molecule has 2 heterocycles. The van der Waals surface area contributed by atoms with Crippen LogP contribution in [0, 0.1) is 0 Å². The van der Waals surface area contributed by atoms with E-state index in [-0.39, 0.29) is 5.91 Å². The maximum atomic E-state index is 13.1. The average Bonchev–Trinajstić information content (AvgIpc) is 3.12. The first kappa shape index (κ1) is 17.4. The van der Waals surface area contributed by atoms with E-state index in [0.717, 1.165) is 39.1 Å². The molecule has 0 unspecified atom stereocenters. The van der Waals surface area contributed by atoms with E-state index in [1.54, 1.807) is 12.1 Å². The van der Waals surface area contributed by atoms with Crippen molar-refractivity contribution >= 4 is 17.5 Å². The summed E-state index contributed by atoms with van der Waals surface area (Å²) < 4.78 is 11.3. The molecule has 0 atom stereocenters. The van der Waals surface area contributed by atoms with Crippen LogP contribution in [0.4, 0.5) is 0 Å². The summed E-state index contributed by atoms with van der Waals surface area (Å²) in [6.45, 7) is 7.68. The molecule has 1 saturated heterocycles. The van der Waals surface area contributed by atoms with Gasteiger partial charge in [-0.3, -0.25) is 4.79 Å². The van der Waals surface area contributed by atoms with Gasteiger partial charge in [0.25, 0.3) is 5.91 Å². The third-order valence-corrected chi connectivity index (χ3v) is 4.83. The summed E-state index contributed by atoms with van der Waals surface area (Å²) in [5.74, 6) is 0.972. The number of nitrogens with zero attached hydrogens (tertiary/aromatic N) is 2. The van der Waals surface area contributed by atoms with Crippen LogP contribution >= 0.6 is 11.6 Å². The lowest BCUT2D eigenvalue weighted by Crippen LogP contribution is -2.38. The number of likely N-dealkylation sites (tertiary alicyclic amines) is 1. The molecule has 6 heteroatoms. The first-order chi connectivity index (χ1) is 11.7. The van der Waals surface area contributed by atoms with Crippen LogP contribution in [0.25, 0.3) is 0 Å². The second kappa shape index (κ2) is 8.08. The highest BCUT2D eigenvalue weighted by Gasteiger charge is 2.26. The van der Waals surface area contributed by atoms with Crippen LogP contribution in [0.2, 0.25) is 5.02 Å². The lowest BCUT2D eigenvalue weighted by molar-refractivity contribution is 0.0730. The van der Waals surface area contributed by atoms with Crippen LogP contribution in [0.5, 0.6) is 11.5 Å². The van der Waals surface area contributed by atoms with E-state index in [2.05, 4.69) is 11.8 Å². The maximum absolute atomic E-state index is 13.1. The quantitative estimate of drug-likeness (QED) is 0.789. The number of benzene rings is 1. The molecule has 0 radical (unpaired) electrons. The maximum Gasteiger partial charge on any atom is 0.257 e. The van der Waals surface area contributed by atoms with E-state index in [1.165, 1.54) is 12.8 Å². The van der Waals surface area contributed by atoms with Gasteiger partial charge in [0.05, 0.1) is 10.6 Å². The molecule has 1 amide bonds. The number of hydrogen-bond acceptors (Lipinski definition) is 4. The van der Waals surface area contributed by atoms with Crippen molar-refractivity contribution in [2.75, 3.05) is 45.9 Å². The Hall–Kier alpha value is -1.46. The van der Waals surface area contributed by atoms with Crippen molar-refractivity contribution in [2.24, 2.45) is 0 Å². The molecule has 5 nitrogen and oxygen atoms in total. The van der Waals surface area contributed by atoms with Gasteiger partial charge in [-0.2, -0.15) is 0 Å². The van der Waals surface area contributed by atoms with Gasteiger partial charge in [-0.25, -0.2) is 0 Å². The topological polar surface area (TPSA) is 42.0 Å². The zero-order valence-corrected chi connectivity index (χ0v) is 15.0. The van der Waals surface area contributed by atoms with Crippen molar-refractivity contribution in [1.82, 2.24) is 9.80 Å². The van der Waals surface area contributed by atoms with Gasteiger partial charge in [0.1, 0.15) is 13.2 Å². The van der Waals surface area contributed by atoms with Gasteiger partial charge in [0.15, 0.2) is 11.5 Å². The van der Waals surface area contributed by atoms with E-state index in [9.17, 15) is 4.79 Å². The van der Waals surface area contributed by atoms with Crippen LogP contribution < -0.4 is 9.47 Å². The number of carbonyl (C=O) groups excluding carboxylic acids is 1. The summed E-state index contributed by atoms with van der Waals surface area (Å²) in [7, 11) is 0. The fraction of sp³-hybridized carbons (Fsp3) is 0.611. The summed E-state index contributed by atoms with van der Waals surface area (Å²) in [5, 5.41) is 0.486. The molecule has 0 N–H and O–H groups in total. The van der Waals surface area contributed by atoms with E-state index in [0.29, 0.717) is 35.3 Å². The Labute approximate surface area is 148 Å². The molecule has 2 aliphatic heterocycles. The summed E-state index contributed by atoms with van der Waals surface area (Å²) >= 11 is 6.17. The van der Waals surface area contributed by atoms with Crippen LogP contribution in [-0.4, -0.2) is 61.6 Å². The van der Waals surface area contributed by atoms with Crippen LogP contribution in [-0.2, 0) is 0 Å². The van der Waals surface area contributed by atoms with Crippen molar-refractivity contribution in [3.05, 3.63) is 22.7 Å². The van der Waals surface area contributed by atoms with Gasteiger partial charge in [0, 0.05) is 19.6 Å². The third-order valence-electron chi connectivity index (χ3n) is 4.54. The van der Waals surface area contributed by atoms with Gasteiger partial charge in [0.2, 0.25) is 0 Å². The van der Waals surface area contributed by atoms with Gasteiger partial charge < -0.3 is 19.3 Å². The van der Waals surface area contributed by atoms with Crippen molar-refractivity contribution in [1.29, 1.82) is 0 Å². The molecular formula is C18H25ClN2O3. The molecule has 132 valence electrons. The number of carbonyl (C=O) groups is 1. The highest BCUT2D eigenvalue weighted by Crippen LogP contribution is 2.40. The highest BCUT2D eigenvalue weighted by atomic mass is 35.5. The number of amides is 1. The molecule has 0 spiro atoms. The fourth-order valence-corrected chi connectivity index (χ4v) is 3.50. The Morgan fingerprint density at radius 2 is 1.88 bits per heavy atom. The average molecular weight is 353 g/mol. The van der Waals surface area contributed by atoms with Crippen molar-refractivity contribution in [2.45, 2.75) is 26.2 Å². The smallest absolute Gasteiger partial charge is 0.257 e. The summed E-state index contributed by atoms with van der Waals surface area (Å²) in [6.07, 6.45) is 3.45. The van der Waals surface area contributed by atoms with Crippen LogP contribution in [0.1, 0.15) is 36.5 Å². The minimum atomic E-state index is -0.00513. The number of rotatable bonds is 6. The molecule has 3 rings (SSSR count). The first-order valence-corrected chi connectivity index (χ1v) is 9.18. The highest BCUT2D eigenvalue weighted by molar-refractivity contribution is 6.32. The Balaban J connectivity index is 1.76. The Morgan fingerprint density at radius 1 is 1.17 bits per heavy atom. The van der Waals surface area contributed by atoms with Gasteiger partial charge in [-0.1, -0.05) is 18.5 Å². The standard InChI is InChI=1S/C18H25ClN2O3/c1-2-7-21(11-10-20-8-3-4-9-20)18(22)14-5-6-15(19)17-16(14)23-12-13-24-17/h5-6H,2-4,7-13H2,1H3. The molecule has 0 aromatic heterocycles. The van der Waals surface area contributed by atoms with Crippen LogP contribution in [0.15, 0.2) is 12.1 Å². The predicted molar refractivity (Wildman–Crippen MR) is 94.3 cm³/mol. The monoisotopic (exact) mass is 352 g/mol.